The van der Waals surface area contributed by atoms with Crippen molar-refractivity contribution in [3.8, 4) is 11.3 Å². The molecule has 1 N–H and O–H groups in total. The molecule has 1 aromatic heterocycles. The van der Waals surface area contributed by atoms with E-state index in [4.69, 9.17) is 32.5 Å². The van der Waals surface area contributed by atoms with E-state index in [0.29, 0.717) is 40.3 Å². The van der Waals surface area contributed by atoms with Gasteiger partial charge in [0.25, 0.3) is 0 Å². The summed E-state index contributed by atoms with van der Waals surface area (Å²) in [5.41, 5.74) is 3.10. The van der Waals surface area contributed by atoms with Crippen LogP contribution in [0.1, 0.15) is 63.2 Å². The quantitative estimate of drug-likeness (QED) is 0.583. The molecule has 29 heavy (non-hydrogen) atoms. The number of fused-ring (bicyclic) bond motifs is 1. The molecule has 0 spiro atoms. The molecule has 2 heterocycles. The van der Waals surface area contributed by atoms with Crippen LogP contribution in [0.25, 0.3) is 11.3 Å². The summed E-state index contributed by atoms with van der Waals surface area (Å²) in [5.74, 6) is 2.40. The van der Waals surface area contributed by atoms with Gasteiger partial charge in [0.15, 0.2) is 0 Å². The molecule has 2 aromatic rings. The number of nitrogens with one attached hydrogen (secondary N) is 1. The van der Waals surface area contributed by atoms with Gasteiger partial charge in [0.05, 0.1) is 16.7 Å². The topological polar surface area (TPSA) is 47.3 Å². The molecule has 1 saturated heterocycles. The molecule has 2 aliphatic carbocycles. The Kier molecular flexibility index (Phi) is 6.55. The molecule has 1 aromatic carbocycles. The van der Waals surface area contributed by atoms with Gasteiger partial charge in [0.1, 0.15) is 11.5 Å². The number of benzene rings is 1. The molecule has 158 valence electrons. The molecule has 0 amide bonds. The third kappa shape index (κ3) is 4.51. The van der Waals surface area contributed by atoms with E-state index in [9.17, 15) is 0 Å². The Morgan fingerprint density at radius 3 is 2.66 bits per heavy atom. The number of rotatable bonds is 5. The van der Waals surface area contributed by atoms with Crippen LogP contribution in [-0.2, 0) is 11.3 Å². The minimum Gasteiger partial charge on any atom is -0.377 e. The van der Waals surface area contributed by atoms with Crippen LogP contribution < -0.4 is 5.32 Å². The average Bonchev–Trinajstić information content (AvgIpc) is 3.20. The highest BCUT2D eigenvalue weighted by Crippen LogP contribution is 2.46. The van der Waals surface area contributed by atoms with Crippen molar-refractivity contribution in [2.75, 3.05) is 19.7 Å². The summed E-state index contributed by atoms with van der Waals surface area (Å²) in [7, 11) is 0. The van der Waals surface area contributed by atoms with Crippen LogP contribution in [0.5, 0.6) is 0 Å². The number of nitrogens with zero attached hydrogens (tertiary/aromatic N) is 1. The highest BCUT2D eigenvalue weighted by atomic mass is 35.5. The van der Waals surface area contributed by atoms with Crippen LogP contribution in [0.15, 0.2) is 22.7 Å². The summed E-state index contributed by atoms with van der Waals surface area (Å²) in [6.45, 7) is 8.08. The van der Waals surface area contributed by atoms with Gasteiger partial charge < -0.3 is 14.6 Å². The normalized spacial score (nSPS) is 25.6. The molecule has 2 atom stereocenters. The second-order valence-electron chi connectivity index (χ2n) is 8.76. The van der Waals surface area contributed by atoms with Gasteiger partial charge in [-0.2, -0.15) is 0 Å². The van der Waals surface area contributed by atoms with E-state index < -0.39 is 0 Å². The van der Waals surface area contributed by atoms with Crippen molar-refractivity contribution in [2.45, 2.75) is 58.5 Å². The lowest BCUT2D eigenvalue weighted by molar-refractivity contribution is 0.133. The summed E-state index contributed by atoms with van der Waals surface area (Å²) in [4.78, 5) is 0. The first kappa shape index (κ1) is 21.2. The summed E-state index contributed by atoms with van der Waals surface area (Å²) < 4.78 is 11.1. The molecule has 4 nitrogen and oxygen atoms in total. The van der Waals surface area contributed by atoms with Crippen molar-refractivity contribution in [3.05, 3.63) is 39.6 Å². The zero-order chi connectivity index (χ0) is 20.4. The van der Waals surface area contributed by atoms with Gasteiger partial charge in [-0.1, -0.05) is 47.8 Å². The zero-order valence-corrected chi connectivity index (χ0v) is 18.8. The molecular weight excluding hydrogens is 407 g/mol. The Morgan fingerprint density at radius 2 is 2.00 bits per heavy atom. The largest absolute Gasteiger partial charge is 0.377 e. The number of ether oxygens (including phenoxy) is 1. The van der Waals surface area contributed by atoms with Crippen molar-refractivity contribution in [1.82, 2.24) is 10.5 Å². The van der Waals surface area contributed by atoms with E-state index in [2.05, 4.69) is 17.4 Å². The van der Waals surface area contributed by atoms with Crippen LogP contribution in [0.2, 0.25) is 10.0 Å². The standard InChI is InChI=1S/C15H15Cl2NO2.C8H15N/c1-2-19-8-10-14(18-20-15(10)9-6-7-9)13-11(16)4-3-5-12(13)17;1-8-4-2-3-7(8)5-9-6-8/h3-5,9H,2,6-8H2,1H3;7,9H,2-6H2,1H3. The summed E-state index contributed by atoms with van der Waals surface area (Å²) in [6.07, 6.45) is 6.70. The molecule has 1 aliphatic heterocycles. The van der Waals surface area contributed by atoms with E-state index in [1.165, 1.54) is 32.4 Å². The zero-order valence-electron chi connectivity index (χ0n) is 17.3. The van der Waals surface area contributed by atoms with Gasteiger partial charge in [-0.15, -0.1) is 0 Å². The first-order chi connectivity index (χ1) is 14.0. The Balaban J connectivity index is 0.000000188. The molecule has 0 radical (unpaired) electrons. The van der Waals surface area contributed by atoms with Crippen molar-refractivity contribution in [2.24, 2.45) is 11.3 Å². The van der Waals surface area contributed by atoms with Gasteiger partial charge >= 0.3 is 0 Å². The fraction of sp³-hybridized carbons (Fsp3) is 0.609. The van der Waals surface area contributed by atoms with Crippen LogP contribution in [0.4, 0.5) is 0 Å². The maximum atomic E-state index is 6.27. The maximum Gasteiger partial charge on any atom is 0.145 e. The highest BCUT2D eigenvalue weighted by molar-refractivity contribution is 6.39. The predicted molar refractivity (Wildman–Crippen MR) is 118 cm³/mol. The SMILES string of the molecule is CC12CCCC1CNC2.CCOCc1c(-c2c(Cl)cccc2Cl)noc1C1CC1. The second kappa shape index (κ2) is 8.97. The van der Waals surface area contributed by atoms with Crippen molar-refractivity contribution < 1.29 is 9.26 Å². The Hall–Kier alpha value is -1.07. The third-order valence-corrected chi connectivity index (χ3v) is 7.25. The summed E-state index contributed by atoms with van der Waals surface area (Å²) in [5, 5.41) is 8.81. The maximum absolute atomic E-state index is 6.27. The highest BCUT2D eigenvalue weighted by Gasteiger charge is 2.41. The van der Waals surface area contributed by atoms with Crippen LogP contribution in [0.3, 0.4) is 0 Å². The van der Waals surface area contributed by atoms with Gasteiger partial charge in [0.2, 0.25) is 0 Å². The second-order valence-corrected chi connectivity index (χ2v) is 9.57. The number of hydrogen-bond acceptors (Lipinski definition) is 4. The van der Waals surface area contributed by atoms with E-state index >= 15 is 0 Å². The fourth-order valence-electron chi connectivity index (χ4n) is 4.67. The molecule has 3 aliphatic rings. The Bertz CT molecular complexity index is 817. The van der Waals surface area contributed by atoms with E-state index in [-0.39, 0.29) is 0 Å². The third-order valence-electron chi connectivity index (χ3n) is 6.62. The van der Waals surface area contributed by atoms with Gasteiger partial charge in [-0.05, 0) is 62.6 Å². The van der Waals surface area contributed by atoms with Crippen LogP contribution in [0, 0.1) is 11.3 Å². The van der Waals surface area contributed by atoms with Gasteiger partial charge in [-0.3, -0.25) is 0 Å². The predicted octanol–water partition coefficient (Wildman–Crippen LogP) is 6.46. The van der Waals surface area contributed by atoms with Crippen LogP contribution >= 0.6 is 23.2 Å². The van der Waals surface area contributed by atoms with Crippen molar-refractivity contribution in [1.29, 1.82) is 0 Å². The molecular formula is C23H30Cl2N2O2. The van der Waals surface area contributed by atoms with Crippen molar-refractivity contribution in [3.63, 3.8) is 0 Å². The molecule has 3 fully saturated rings. The minimum absolute atomic E-state index is 0.466. The lowest BCUT2D eigenvalue weighted by atomic mass is 9.83. The number of aromatic nitrogens is 1. The molecule has 0 bridgehead atoms. The monoisotopic (exact) mass is 436 g/mol. The molecule has 6 heteroatoms. The molecule has 5 rings (SSSR count). The minimum atomic E-state index is 0.466. The van der Waals surface area contributed by atoms with Gasteiger partial charge in [0, 0.05) is 30.2 Å². The average molecular weight is 437 g/mol. The number of halogens is 2. The van der Waals surface area contributed by atoms with E-state index in [0.717, 1.165) is 35.6 Å². The first-order valence-corrected chi connectivity index (χ1v) is 11.5. The fourth-order valence-corrected chi connectivity index (χ4v) is 5.25. The Morgan fingerprint density at radius 1 is 1.24 bits per heavy atom. The van der Waals surface area contributed by atoms with E-state index in [1.807, 2.05) is 13.0 Å². The summed E-state index contributed by atoms with van der Waals surface area (Å²) in [6, 6.07) is 5.43. The van der Waals surface area contributed by atoms with Crippen LogP contribution in [-0.4, -0.2) is 24.9 Å². The van der Waals surface area contributed by atoms with Crippen molar-refractivity contribution >= 4 is 23.2 Å². The molecule has 2 saturated carbocycles. The smallest absolute Gasteiger partial charge is 0.145 e. The Labute approximate surface area is 183 Å². The molecule has 2 unspecified atom stereocenters. The van der Waals surface area contributed by atoms with Gasteiger partial charge in [-0.25, -0.2) is 0 Å². The number of hydrogen-bond donors (Lipinski definition) is 1. The van der Waals surface area contributed by atoms with E-state index in [1.54, 1.807) is 12.1 Å². The first-order valence-electron chi connectivity index (χ1n) is 10.7. The lowest BCUT2D eigenvalue weighted by Gasteiger charge is -2.21. The summed E-state index contributed by atoms with van der Waals surface area (Å²) >= 11 is 12.5. The lowest BCUT2D eigenvalue weighted by Crippen LogP contribution is -2.20.